The molecule has 0 radical (unpaired) electrons. The summed E-state index contributed by atoms with van der Waals surface area (Å²) in [6.07, 6.45) is 2.86. The Hall–Kier alpha value is 0.137. The van der Waals surface area contributed by atoms with Crippen LogP contribution in [0.2, 0.25) is 18.6 Å². The van der Waals surface area contributed by atoms with Crippen molar-refractivity contribution in [1.29, 1.82) is 0 Å². The van der Waals surface area contributed by atoms with Crippen LogP contribution in [-0.2, 0) is 0 Å². The summed E-state index contributed by atoms with van der Waals surface area (Å²) in [6, 6.07) is 3.07. The second-order valence-corrected chi connectivity index (χ2v) is 8.81. The summed E-state index contributed by atoms with van der Waals surface area (Å²) in [6.45, 7) is 19.2. The molecule has 0 N–H and O–H groups in total. The van der Waals surface area contributed by atoms with Crippen LogP contribution < -0.4 is 0 Å². The van der Waals surface area contributed by atoms with Crippen molar-refractivity contribution < 1.29 is 0 Å². The van der Waals surface area contributed by atoms with E-state index in [1.165, 1.54) is 64.2 Å². The molecule has 0 saturated carbocycles. The Kier molecular flexibility index (Phi) is 12.3. The Morgan fingerprint density at radius 2 is 1.00 bits per heavy atom. The number of nitrogens with zero attached hydrogens (tertiary/aromatic N) is 2. The maximum atomic E-state index is 2.56. The van der Waals surface area contributed by atoms with Gasteiger partial charge in [0, 0.05) is 8.80 Å². The molecule has 0 amide bonds. The Morgan fingerprint density at radius 1 is 0.667 bits per heavy atom. The van der Waals surface area contributed by atoms with Crippen molar-refractivity contribution in [3.05, 3.63) is 0 Å². The smallest absolute Gasteiger partial charge is 0.0337 e. The number of rotatable bonds is 12. The molecule has 0 rings (SSSR count). The van der Waals surface area contributed by atoms with Crippen LogP contribution >= 0.6 is 0 Å². The van der Waals surface area contributed by atoms with Crippen molar-refractivity contribution in [3.63, 3.8) is 0 Å². The molecule has 0 spiro atoms. The molecule has 0 heterocycles. The highest BCUT2D eigenvalue weighted by molar-refractivity contribution is 6.57. The van der Waals surface area contributed by atoms with Gasteiger partial charge in [-0.3, -0.25) is 0 Å². The van der Waals surface area contributed by atoms with Crippen LogP contribution in [0.3, 0.4) is 0 Å². The molecule has 0 aromatic heterocycles. The summed E-state index contributed by atoms with van der Waals surface area (Å²) in [7, 11) is -0.417. The number of hydrogen-bond acceptors (Lipinski definition) is 2. The van der Waals surface area contributed by atoms with Crippen molar-refractivity contribution in [3.8, 4) is 0 Å². The van der Waals surface area contributed by atoms with E-state index in [9.17, 15) is 0 Å². The van der Waals surface area contributed by atoms with E-state index in [0.717, 1.165) is 0 Å². The molecular formula is C15H36N2Si. The molecule has 0 aliphatic rings. The van der Waals surface area contributed by atoms with Gasteiger partial charge in [0.25, 0.3) is 0 Å². The van der Waals surface area contributed by atoms with E-state index >= 15 is 0 Å². The lowest BCUT2D eigenvalue weighted by atomic mass is 10.4. The zero-order chi connectivity index (χ0) is 13.8. The molecule has 0 aromatic carbocycles. The second kappa shape index (κ2) is 12.2. The second-order valence-electron chi connectivity index (χ2n) is 5.44. The van der Waals surface area contributed by atoms with E-state index in [4.69, 9.17) is 0 Å². The normalized spacial score (nSPS) is 12.0. The molecule has 2 nitrogen and oxygen atoms in total. The zero-order valence-electron chi connectivity index (χ0n) is 13.5. The van der Waals surface area contributed by atoms with E-state index in [0.29, 0.717) is 0 Å². The van der Waals surface area contributed by atoms with Gasteiger partial charge in [-0.1, -0.05) is 46.3 Å². The summed E-state index contributed by atoms with van der Waals surface area (Å²) >= 11 is 0. The zero-order valence-corrected chi connectivity index (χ0v) is 14.7. The van der Waals surface area contributed by atoms with Crippen LogP contribution in [0.4, 0.5) is 0 Å². The van der Waals surface area contributed by atoms with Crippen molar-refractivity contribution >= 4 is 8.80 Å². The Balaban J connectivity index is 3.50. The van der Waals surface area contributed by atoms with Crippen LogP contribution in [-0.4, -0.2) is 57.9 Å². The maximum absolute atomic E-state index is 2.56. The fraction of sp³-hybridized carbons (Fsp3) is 1.00. The van der Waals surface area contributed by atoms with Crippen LogP contribution in [0, 0.1) is 0 Å². The average Bonchev–Trinajstić information content (AvgIpc) is 2.40. The van der Waals surface area contributed by atoms with E-state index in [1.54, 1.807) is 0 Å². The minimum absolute atomic E-state index is 0.417. The summed E-state index contributed by atoms with van der Waals surface area (Å²) in [5.74, 6) is 0. The number of hydrogen-bond donors (Lipinski definition) is 0. The molecule has 0 aliphatic heterocycles. The third-order valence-electron chi connectivity index (χ3n) is 4.13. The van der Waals surface area contributed by atoms with Gasteiger partial charge in [0.15, 0.2) is 0 Å². The largest absolute Gasteiger partial charge is 0.304 e. The SMILES string of the molecule is CCN(CC)CCC[SiH](C)CCCN(CC)CC. The summed E-state index contributed by atoms with van der Waals surface area (Å²) < 4.78 is 0. The Morgan fingerprint density at radius 3 is 1.28 bits per heavy atom. The predicted octanol–water partition coefficient (Wildman–Crippen LogP) is 3.31. The first-order valence-electron chi connectivity index (χ1n) is 8.12. The van der Waals surface area contributed by atoms with Gasteiger partial charge in [0.1, 0.15) is 0 Å². The average molecular weight is 273 g/mol. The van der Waals surface area contributed by atoms with Crippen molar-refractivity contribution in [2.75, 3.05) is 39.3 Å². The molecule has 18 heavy (non-hydrogen) atoms. The van der Waals surface area contributed by atoms with Gasteiger partial charge in [-0.2, -0.15) is 0 Å². The minimum atomic E-state index is -0.417. The Labute approximate surface area is 117 Å². The van der Waals surface area contributed by atoms with E-state index in [2.05, 4.69) is 44.0 Å². The van der Waals surface area contributed by atoms with Gasteiger partial charge in [-0.05, 0) is 52.1 Å². The lowest BCUT2D eigenvalue weighted by Gasteiger charge is -2.20. The Bertz CT molecular complexity index is 150. The van der Waals surface area contributed by atoms with Crippen LogP contribution in [0.5, 0.6) is 0 Å². The van der Waals surface area contributed by atoms with Gasteiger partial charge in [-0.15, -0.1) is 0 Å². The van der Waals surface area contributed by atoms with Crippen LogP contribution in [0.15, 0.2) is 0 Å². The third-order valence-corrected chi connectivity index (χ3v) is 6.92. The minimum Gasteiger partial charge on any atom is -0.304 e. The quantitative estimate of drug-likeness (QED) is 0.503. The standard InChI is InChI=1S/C15H36N2Si/c1-6-16(7-2)12-10-14-18(5)15-11-13-17(8-3)9-4/h18H,6-15H2,1-5H3. The van der Waals surface area contributed by atoms with Crippen molar-refractivity contribution in [2.45, 2.75) is 59.2 Å². The topological polar surface area (TPSA) is 6.48 Å². The fourth-order valence-corrected chi connectivity index (χ4v) is 4.60. The van der Waals surface area contributed by atoms with Gasteiger partial charge in [0.05, 0.1) is 0 Å². The highest BCUT2D eigenvalue weighted by Crippen LogP contribution is 2.08. The molecule has 3 heteroatoms. The summed E-state index contributed by atoms with van der Waals surface area (Å²) in [5, 5.41) is 0. The molecular weight excluding hydrogens is 236 g/mol. The van der Waals surface area contributed by atoms with Crippen LogP contribution in [0.25, 0.3) is 0 Å². The first-order chi connectivity index (χ1) is 8.67. The highest BCUT2D eigenvalue weighted by atomic mass is 28.3. The first kappa shape index (κ1) is 18.1. The molecule has 0 atom stereocenters. The molecule has 0 aliphatic carbocycles. The van der Waals surface area contributed by atoms with Crippen molar-refractivity contribution in [1.82, 2.24) is 9.80 Å². The first-order valence-corrected chi connectivity index (χ1v) is 10.9. The monoisotopic (exact) mass is 272 g/mol. The highest BCUT2D eigenvalue weighted by Gasteiger charge is 2.06. The van der Waals surface area contributed by atoms with Gasteiger partial charge < -0.3 is 9.80 Å². The lowest BCUT2D eigenvalue weighted by molar-refractivity contribution is 0.302. The van der Waals surface area contributed by atoms with E-state index in [1.807, 2.05) is 0 Å². The lowest BCUT2D eigenvalue weighted by Crippen LogP contribution is -2.26. The molecule has 0 saturated heterocycles. The van der Waals surface area contributed by atoms with Gasteiger partial charge in [0.2, 0.25) is 0 Å². The van der Waals surface area contributed by atoms with Gasteiger partial charge in [-0.25, -0.2) is 0 Å². The summed E-state index contributed by atoms with van der Waals surface area (Å²) in [5.41, 5.74) is 0. The molecule has 110 valence electrons. The van der Waals surface area contributed by atoms with E-state index in [-0.39, 0.29) is 0 Å². The van der Waals surface area contributed by atoms with E-state index < -0.39 is 8.80 Å². The molecule has 0 fully saturated rings. The van der Waals surface area contributed by atoms with Gasteiger partial charge >= 0.3 is 0 Å². The molecule has 0 aromatic rings. The summed E-state index contributed by atoms with van der Waals surface area (Å²) in [4.78, 5) is 5.11. The van der Waals surface area contributed by atoms with Crippen LogP contribution in [0.1, 0.15) is 40.5 Å². The molecule has 0 unspecified atom stereocenters. The molecule has 0 bridgehead atoms. The predicted molar refractivity (Wildman–Crippen MR) is 87.4 cm³/mol. The van der Waals surface area contributed by atoms with Crippen molar-refractivity contribution in [2.24, 2.45) is 0 Å². The third kappa shape index (κ3) is 9.12. The maximum Gasteiger partial charge on any atom is 0.0337 e. The fourth-order valence-electron chi connectivity index (χ4n) is 2.55.